The Bertz CT molecular complexity index is 184. The molecular weight excluding hydrogens is 204 g/mol. The number of thioether (sulfide) groups is 1. The van der Waals surface area contributed by atoms with E-state index in [1.54, 1.807) is 0 Å². The zero-order valence-electron chi connectivity index (χ0n) is 10.0. The van der Waals surface area contributed by atoms with Gasteiger partial charge in [0.2, 0.25) is 0 Å². The van der Waals surface area contributed by atoms with Crippen LogP contribution in [-0.2, 0) is 0 Å². The second-order valence-corrected chi connectivity index (χ2v) is 5.36. The minimum absolute atomic E-state index is 0.584. The first-order valence-electron chi connectivity index (χ1n) is 5.91. The van der Waals surface area contributed by atoms with Gasteiger partial charge >= 0.3 is 0 Å². The van der Waals surface area contributed by atoms with E-state index in [9.17, 15) is 0 Å². The normalized spacial score (nSPS) is 25.1. The number of nitrogens with one attached hydrogen (secondary N) is 1. The summed E-state index contributed by atoms with van der Waals surface area (Å²) in [7, 11) is 2.24. The smallest absolute Gasteiger partial charge is 0.0340 e. The van der Waals surface area contributed by atoms with Crippen molar-refractivity contribution in [1.82, 2.24) is 10.2 Å². The molecule has 1 aliphatic rings. The van der Waals surface area contributed by atoms with Crippen LogP contribution in [0.5, 0.6) is 0 Å². The molecule has 0 spiro atoms. The first-order chi connectivity index (χ1) is 7.29. The molecule has 1 saturated heterocycles. The van der Waals surface area contributed by atoms with Gasteiger partial charge in [0.25, 0.3) is 0 Å². The molecule has 0 aromatic rings. The fourth-order valence-electron chi connectivity index (χ4n) is 2.01. The minimum Gasteiger partial charge on any atom is -0.312 e. The summed E-state index contributed by atoms with van der Waals surface area (Å²) in [5, 5.41) is 3.64. The van der Waals surface area contributed by atoms with Crippen LogP contribution in [0.25, 0.3) is 0 Å². The van der Waals surface area contributed by atoms with Gasteiger partial charge in [-0.05, 0) is 26.4 Å². The molecule has 2 atom stereocenters. The highest BCUT2D eigenvalue weighted by molar-refractivity contribution is 7.99. The molecule has 0 aromatic heterocycles. The van der Waals surface area contributed by atoms with Crippen LogP contribution in [0.3, 0.4) is 0 Å². The highest BCUT2D eigenvalue weighted by Gasteiger charge is 2.26. The van der Waals surface area contributed by atoms with Gasteiger partial charge in [-0.1, -0.05) is 13.0 Å². The summed E-state index contributed by atoms with van der Waals surface area (Å²) in [5.74, 6) is 2.54. The Kier molecular flexibility index (Phi) is 6.37. The topological polar surface area (TPSA) is 15.3 Å². The number of likely N-dealkylation sites (N-methyl/N-ethyl adjacent to an activating group) is 1. The summed E-state index contributed by atoms with van der Waals surface area (Å²) < 4.78 is 0. The van der Waals surface area contributed by atoms with E-state index in [4.69, 9.17) is 0 Å². The Morgan fingerprint density at radius 3 is 3.07 bits per heavy atom. The van der Waals surface area contributed by atoms with Crippen molar-refractivity contribution in [2.45, 2.75) is 31.8 Å². The van der Waals surface area contributed by atoms with Gasteiger partial charge in [-0.2, -0.15) is 11.8 Å². The molecule has 0 saturated carbocycles. The maximum absolute atomic E-state index is 3.86. The van der Waals surface area contributed by atoms with E-state index >= 15 is 0 Å². The van der Waals surface area contributed by atoms with Gasteiger partial charge in [-0.15, -0.1) is 6.58 Å². The molecule has 0 aliphatic carbocycles. The van der Waals surface area contributed by atoms with Crippen molar-refractivity contribution in [3.8, 4) is 0 Å². The molecular formula is C12H24N2S. The molecule has 0 bridgehead atoms. The van der Waals surface area contributed by atoms with Crippen molar-refractivity contribution >= 4 is 11.8 Å². The minimum atomic E-state index is 0.584. The molecule has 15 heavy (non-hydrogen) atoms. The number of nitrogens with zero attached hydrogens (tertiary/aromatic N) is 1. The zero-order chi connectivity index (χ0) is 11.1. The van der Waals surface area contributed by atoms with Crippen molar-refractivity contribution in [1.29, 1.82) is 0 Å². The average Bonchev–Trinajstić information content (AvgIpc) is 2.25. The van der Waals surface area contributed by atoms with Crippen molar-refractivity contribution in [3.63, 3.8) is 0 Å². The summed E-state index contributed by atoms with van der Waals surface area (Å²) in [5.41, 5.74) is 0. The van der Waals surface area contributed by atoms with Crippen molar-refractivity contribution in [3.05, 3.63) is 12.7 Å². The summed E-state index contributed by atoms with van der Waals surface area (Å²) in [6.07, 6.45) is 4.33. The maximum Gasteiger partial charge on any atom is 0.0340 e. The third kappa shape index (κ3) is 4.17. The number of hydrogen-bond donors (Lipinski definition) is 1. The summed E-state index contributed by atoms with van der Waals surface area (Å²) in [4.78, 5) is 2.49. The number of hydrogen-bond acceptors (Lipinski definition) is 3. The second kappa shape index (κ2) is 7.31. The molecule has 0 amide bonds. The molecule has 0 radical (unpaired) electrons. The van der Waals surface area contributed by atoms with Gasteiger partial charge in [0.1, 0.15) is 0 Å². The standard InChI is InChI=1S/C12H24N2S/c1-4-6-11(13-7-5-2)12-10-15-9-8-14(12)3/h4,11-13H,1,5-10H2,2-3H3. The SMILES string of the molecule is C=CCC(NCCC)C1CSCCN1C. The Hall–Kier alpha value is 0.01000. The van der Waals surface area contributed by atoms with Gasteiger partial charge in [0, 0.05) is 30.1 Å². The summed E-state index contributed by atoms with van der Waals surface area (Å²) >= 11 is 2.08. The molecule has 1 fully saturated rings. The monoisotopic (exact) mass is 228 g/mol. The first kappa shape index (κ1) is 13.1. The van der Waals surface area contributed by atoms with Gasteiger partial charge in [-0.3, -0.25) is 0 Å². The van der Waals surface area contributed by atoms with Crippen LogP contribution in [0.2, 0.25) is 0 Å². The van der Waals surface area contributed by atoms with Gasteiger partial charge in [0.15, 0.2) is 0 Å². The second-order valence-electron chi connectivity index (χ2n) is 4.21. The highest BCUT2D eigenvalue weighted by Crippen LogP contribution is 2.19. The lowest BCUT2D eigenvalue weighted by Crippen LogP contribution is -2.52. The van der Waals surface area contributed by atoms with Crippen LogP contribution < -0.4 is 5.32 Å². The summed E-state index contributed by atoms with van der Waals surface area (Å²) in [6, 6.07) is 1.26. The lowest BCUT2D eigenvalue weighted by atomic mass is 10.0. The predicted molar refractivity (Wildman–Crippen MR) is 70.6 cm³/mol. The third-order valence-electron chi connectivity index (χ3n) is 2.98. The molecule has 88 valence electrons. The van der Waals surface area contributed by atoms with Crippen molar-refractivity contribution in [2.24, 2.45) is 0 Å². The third-order valence-corrected chi connectivity index (χ3v) is 4.03. The molecule has 0 aromatic carbocycles. The Morgan fingerprint density at radius 1 is 1.67 bits per heavy atom. The first-order valence-corrected chi connectivity index (χ1v) is 7.07. The molecule has 1 heterocycles. The Balaban J connectivity index is 2.47. The van der Waals surface area contributed by atoms with Gasteiger partial charge in [-0.25, -0.2) is 0 Å². The van der Waals surface area contributed by atoms with E-state index < -0.39 is 0 Å². The van der Waals surface area contributed by atoms with Gasteiger partial charge < -0.3 is 10.2 Å². The molecule has 1 aliphatic heterocycles. The lowest BCUT2D eigenvalue weighted by molar-refractivity contribution is 0.215. The molecule has 2 nitrogen and oxygen atoms in total. The van der Waals surface area contributed by atoms with Crippen LogP contribution in [-0.4, -0.2) is 48.6 Å². The van der Waals surface area contributed by atoms with E-state index in [2.05, 4.69) is 42.5 Å². The Morgan fingerprint density at radius 2 is 2.47 bits per heavy atom. The Labute approximate surface area is 98.5 Å². The number of rotatable bonds is 6. The van der Waals surface area contributed by atoms with Crippen LogP contribution in [0, 0.1) is 0 Å². The van der Waals surface area contributed by atoms with Crippen LogP contribution >= 0.6 is 11.8 Å². The largest absolute Gasteiger partial charge is 0.312 e. The van der Waals surface area contributed by atoms with Gasteiger partial charge in [0.05, 0.1) is 0 Å². The molecule has 2 unspecified atom stereocenters. The lowest BCUT2D eigenvalue weighted by Gasteiger charge is -2.38. The van der Waals surface area contributed by atoms with Crippen molar-refractivity contribution in [2.75, 3.05) is 31.6 Å². The molecule has 1 rings (SSSR count). The van der Waals surface area contributed by atoms with Crippen LogP contribution in [0.15, 0.2) is 12.7 Å². The van der Waals surface area contributed by atoms with Crippen LogP contribution in [0.1, 0.15) is 19.8 Å². The van der Waals surface area contributed by atoms with E-state index in [1.807, 2.05) is 6.08 Å². The highest BCUT2D eigenvalue weighted by atomic mass is 32.2. The van der Waals surface area contributed by atoms with E-state index in [0.717, 1.165) is 13.0 Å². The zero-order valence-corrected chi connectivity index (χ0v) is 10.9. The molecule has 3 heteroatoms. The van der Waals surface area contributed by atoms with E-state index in [-0.39, 0.29) is 0 Å². The predicted octanol–water partition coefficient (Wildman–Crippen LogP) is 1.98. The van der Waals surface area contributed by atoms with Crippen LogP contribution in [0.4, 0.5) is 0 Å². The average molecular weight is 228 g/mol. The molecule has 1 N–H and O–H groups in total. The fourth-order valence-corrected chi connectivity index (χ4v) is 3.33. The van der Waals surface area contributed by atoms with E-state index in [1.165, 1.54) is 24.5 Å². The van der Waals surface area contributed by atoms with Crippen molar-refractivity contribution < 1.29 is 0 Å². The maximum atomic E-state index is 3.86. The quantitative estimate of drug-likeness (QED) is 0.700. The summed E-state index contributed by atoms with van der Waals surface area (Å²) in [6.45, 7) is 8.42. The fraction of sp³-hybridized carbons (Fsp3) is 0.833. The van der Waals surface area contributed by atoms with E-state index in [0.29, 0.717) is 12.1 Å².